The molecule has 3 heteroatoms. The Hall–Kier alpha value is -0.120. The number of nitrogens with one attached hydrogen (secondary N) is 2. The standard InChI is InChI=1S/C11H17N3/c1-10-4-13-7-11(1,10)14-5-8-2-12-3-9(8)6-14/h8-10,12-13H,1-5,7H2. The van der Waals surface area contributed by atoms with Crippen molar-refractivity contribution in [3.63, 3.8) is 0 Å². The predicted octanol–water partition coefficient (Wildman–Crippen LogP) is -0.462. The van der Waals surface area contributed by atoms with Gasteiger partial charge >= 0.3 is 0 Å². The highest BCUT2D eigenvalue weighted by molar-refractivity contribution is 5.21. The van der Waals surface area contributed by atoms with E-state index in [0.717, 1.165) is 18.4 Å². The first-order chi connectivity index (χ1) is 6.88. The molecule has 0 aromatic carbocycles. The van der Waals surface area contributed by atoms with Gasteiger partial charge in [-0.25, -0.2) is 0 Å². The van der Waals surface area contributed by atoms with E-state index in [1.807, 2.05) is 0 Å². The molecule has 2 N–H and O–H groups in total. The molecule has 0 aromatic rings. The zero-order valence-electron chi connectivity index (χ0n) is 8.42. The second-order valence-electron chi connectivity index (χ2n) is 5.40. The maximum atomic E-state index is 3.71. The van der Waals surface area contributed by atoms with Crippen LogP contribution in [0.5, 0.6) is 0 Å². The van der Waals surface area contributed by atoms with Crippen molar-refractivity contribution >= 4 is 0 Å². The zero-order chi connectivity index (χ0) is 9.17. The van der Waals surface area contributed by atoms with Crippen LogP contribution in [-0.4, -0.2) is 43.2 Å². The molecule has 76 valence electrons. The molecular weight excluding hydrogens is 174 g/mol. The molecule has 4 atom stereocenters. The SMILES string of the molecule is [C]1C2CNCC2CN1C12CNCC1C2. The smallest absolute Gasteiger partial charge is 0.0672 e. The Kier molecular flexibility index (Phi) is 1.45. The van der Waals surface area contributed by atoms with Crippen LogP contribution >= 0.6 is 0 Å². The summed E-state index contributed by atoms with van der Waals surface area (Å²) < 4.78 is 0. The zero-order valence-corrected chi connectivity index (χ0v) is 8.42. The van der Waals surface area contributed by atoms with Gasteiger partial charge in [0.25, 0.3) is 0 Å². The highest BCUT2D eigenvalue weighted by Gasteiger charge is 2.62. The quantitative estimate of drug-likeness (QED) is 0.587. The lowest BCUT2D eigenvalue weighted by atomic mass is 10.0. The monoisotopic (exact) mass is 191 g/mol. The van der Waals surface area contributed by atoms with E-state index in [2.05, 4.69) is 22.1 Å². The van der Waals surface area contributed by atoms with E-state index in [0.29, 0.717) is 11.5 Å². The normalized spacial score (nSPS) is 56.1. The van der Waals surface area contributed by atoms with Crippen LogP contribution < -0.4 is 10.6 Å². The molecule has 4 aliphatic rings. The van der Waals surface area contributed by atoms with Crippen LogP contribution in [0.25, 0.3) is 0 Å². The molecule has 3 aliphatic heterocycles. The number of fused-ring (bicyclic) bond motifs is 2. The maximum Gasteiger partial charge on any atom is 0.0672 e. The van der Waals surface area contributed by atoms with Crippen molar-refractivity contribution in [3.05, 3.63) is 6.54 Å². The minimum Gasteiger partial charge on any atom is -0.316 e. The van der Waals surface area contributed by atoms with Crippen molar-refractivity contribution in [2.75, 3.05) is 32.7 Å². The molecule has 0 amide bonds. The number of hydrogen-bond acceptors (Lipinski definition) is 3. The summed E-state index contributed by atoms with van der Waals surface area (Å²) >= 11 is 0. The number of piperidine rings is 1. The van der Waals surface area contributed by atoms with Gasteiger partial charge in [0.1, 0.15) is 0 Å². The topological polar surface area (TPSA) is 27.3 Å². The minimum absolute atomic E-state index is 0.518. The first-order valence-corrected chi connectivity index (χ1v) is 5.84. The molecule has 2 radical (unpaired) electrons. The van der Waals surface area contributed by atoms with Gasteiger partial charge in [-0.1, -0.05) is 0 Å². The molecule has 4 fully saturated rings. The number of likely N-dealkylation sites (tertiary alicyclic amines) is 1. The Labute approximate surface area is 85.2 Å². The van der Waals surface area contributed by atoms with Gasteiger partial charge in [0.15, 0.2) is 0 Å². The lowest BCUT2D eigenvalue weighted by Gasteiger charge is -2.25. The summed E-state index contributed by atoms with van der Waals surface area (Å²) in [6, 6.07) is 0. The summed E-state index contributed by atoms with van der Waals surface area (Å²) in [5, 5.41) is 6.96. The second kappa shape index (κ2) is 2.52. The molecule has 0 aromatic heterocycles. The third-order valence-corrected chi connectivity index (χ3v) is 4.64. The van der Waals surface area contributed by atoms with E-state index in [-0.39, 0.29) is 0 Å². The average Bonchev–Trinajstić information content (AvgIpc) is 2.63. The Morgan fingerprint density at radius 3 is 2.93 bits per heavy atom. The maximum absolute atomic E-state index is 3.71. The van der Waals surface area contributed by atoms with E-state index < -0.39 is 0 Å². The summed E-state index contributed by atoms with van der Waals surface area (Å²) in [5.74, 6) is 2.50. The molecule has 3 saturated heterocycles. The van der Waals surface area contributed by atoms with Gasteiger partial charge in [0.2, 0.25) is 0 Å². The van der Waals surface area contributed by atoms with Crippen LogP contribution in [-0.2, 0) is 0 Å². The third-order valence-electron chi connectivity index (χ3n) is 4.64. The summed E-state index contributed by atoms with van der Waals surface area (Å²) in [5.41, 5.74) is 0.518. The van der Waals surface area contributed by atoms with Crippen LogP contribution in [0.4, 0.5) is 0 Å². The molecule has 3 heterocycles. The summed E-state index contributed by atoms with van der Waals surface area (Å²) in [7, 11) is 0. The third kappa shape index (κ3) is 0.884. The van der Waals surface area contributed by atoms with Gasteiger partial charge < -0.3 is 10.6 Å². The van der Waals surface area contributed by atoms with Crippen molar-refractivity contribution in [2.45, 2.75) is 12.0 Å². The van der Waals surface area contributed by atoms with Crippen LogP contribution in [0, 0.1) is 24.3 Å². The average molecular weight is 191 g/mol. The van der Waals surface area contributed by atoms with Crippen LogP contribution in [0.2, 0.25) is 0 Å². The fraction of sp³-hybridized carbons (Fsp3) is 0.909. The summed E-state index contributed by atoms with van der Waals surface area (Å²) in [4.78, 5) is 2.56. The summed E-state index contributed by atoms with van der Waals surface area (Å²) in [6.07, 6.45) is 1.42. The van der Waals surface area contributed by atoms with Gasteiger partial charge in [-0.3, -0.25) is 4.90 Å². The molecule has 0 bridgehead atoms. The Morgan fingerprint density at radius 2 is 2.21 bits per heavy atom. The first-order valence-electron chi connectivity index (χ1n) is 5.84. The molecule has 14 heavy (non-hydrogen) atoms. The van der Waals surface area contributed by atoms with E-state index in [1.54, 1.807) is 0 Å². The Morgan fingerprint density at radius 1 is 1.21 bits per heavy atom. The van der Waals surface area contributed by atoms with Gasteiger partial charge in [0.05, 0.1) is 6.54 Å². The summed E-state index contributed by atoms with van der Waals surface area (Å²) in [6.45, 7) is 9.79. The molecule has 4 unspecified atom stereocenters. The van der Waals surface area contributed by atoms with E-state index in [9.17, 15) is 0 Å². The fourth-order valence-electron chi connectivity index (χ4n) is 3.61. The lowest BCUT2D eigenvalue weighted by Crippen LogP contribution is -2.39. The highest BCUT2D eigenvalue weighted by Crippen LogP contribution is 2.54. The van der Waals surface area contributed by atoms with Gasteiger partial charge in [-0.2, -0.15) is 0 Å². The number of rotatable bonds is 1. The highest BCUT2D eigenvalue weighted by atomic mass is 15.3. The molecule has 1 saturated carbocycles. The van der Waals surface area contributed by atoms with Crippen molar-refractivity contribution in [1.82, 2.24) is 15.5 Å². The number of hydrogen-bond donors (Lipinski definition) is 2. The van der Waals surface area contributed by atoms with Gasteiger partial charge in [-0.15, -0.1) is 0 Å². The van der Waals surface area contributed by atoms with Gasteiger partial charge in [0, 0.05) is 25.2 Å². The molecular formula is C11H17N3. The van der Waals surface area contributed by atoms with E-state index in [1.165, 1.54) is 32.6 Å². The largest absolute Gasteiger partial charge is 0.316 e. The lowest BCUT2D eigenvalue weighted by molar-refractivity contribution is 0.244. The van der Waals surface area contributed by atoms with Crippen molar-refractivity contribution < 1.29 is 0 Å². The van der Waals surface area contributed by atoms with Crippen molar-refractivity contribution in [2.24, 2.45) is 17.8 Å². The van der Waals surface area contributed by atoms with E-state index >= 15 is 0 Å². The Bertz CT molecular complexity index is 255. The van der Waals surface area contributed by atoms with Crippen LogP contribution in [0.3, 0.4) is 0 Å². The van der Waals surface area contributed by atoms with Crippen LogP contribution in [0.1, 0.15) is 6.42 Å². The molecule has 0 spiro atoms. The fourth-order valence-corrected chi connectivity index (χ4v) is 3.61. The first kappa shape index (κ1) is 8.08. The van der Waals surface area contributed by atoms with Crippen molar-refractivity contribution in [3.8, 4) is 0 Å². The predicted molar refractivity (Wildman–Crippen MR) is 53.5 cm³/mol. The van der Waals surface area contributed by atoms with Crippen molar-refractivity contribution in [1.29, 1.82) is 0 Å². The number of nitrogens with zero attached hydrogens (tertiary/aromatic N) is 1. The van der Waals surface area contributed by atoms with Crippen LogP contribution in [0.15, 0.2) is 0 Å². The minimum atomic E-state index is 0.518. The van der Waals surface area contributed by atoms with Gasteiger partial charge in [-0.05, 0) is 37.3 Å². The Balaban J connectivity index is 1.53. The molecule has 1 aliphatic carbocycles. The van der Waals surface area contributed by atoms with E-state index in [4.69, 9.17) is 0 Å². The molecule has 4 rings (SSSR count). The molecule has 3 nitrogen and oxygen atoms in total. The second-order valence-corrected chi connectivity index (χ2v) is 5.40.